The molecule has 4 nitrogen and oxygen atoms in total. The number of rotatable bonds is 1. The lowest BCUT2D eigenvalue weighted by Gasteiger charge is -1.80. The van der Waals surface area contributed by atoms with Gasteiger partial charge in [0.1, 0.15) is 0 Å². The van der Waals surface area contributed by atoms with E-state index in [2.05, 4.69) is 10.3 Å². The summed E-state index contributed by atoms with van der Waals surface area (Å²) in [6, 6.07) is 0. The zero-order chi connectivity index (χ0) is 5.21. The molecule has 6 heteroatoms. The molecule has 0 amide bonds. The average molecular weight is 128 g/mol. The van der Waals surface area contributed by atoms with E-state index in [1.807, 2.05) is 0 Å². The lowest BCUT2D eigenvalue weighted by Crippen LogP contribution is -2.08. The molecule has 0 atom stereocenters. The monoisotopic (exact) mass is 128 g/mol. The molecule has 0 spiro atoms. The predicted molar refractivity (Wildman–Crippen MR) is 24.9 cm³/mol. The maximum absolute atomic E-state index is 9.62. The highest BCUT2D eigenvalue weighted by Gasteiger charge is 1.93. The Morgan fingerprint density at radius 2 is 1.67 bits per heavy atom. The van der Waals surface area contributed by atoms with Crippen LogP contribution in [0.2, 0.25) is 0 Å². The molecular weight excluding hydrogens is 124 g/mol. The molecule has 0 bridgehead atoms. The minimum atomic E-state index is -3.47. The van der Waals surface area contributed by atoms with Crippen LogP contribution in [0, 0.1) is 0 Å². The van der Waals surface area contributed by atoms with E-state index in [4.69, 9.17) is 0 Å². The molecule has 0 saturated carbocycles. The van der Waals surface area contributed by atoms with Gasteiger partial charge in [0.2, 0.25) is 0 Å². The first-order valence-electron chi connectivity index (χ1n) is 0.971. The second-order valence-corrected chi connectivity index (χ2v) is 3.74. The Hall–Kier alpha value is 0.220. The first-order chi connectivity index (χ1) is 2.56. The van der Waals surface area contributed by atoms with Crippen molar-refractivity contribution in [3.63, 3.8) is 0 Å². The van der Waals surface area contributed by atoms with Crippen LogP contribution in [0.1, 0.15) is 0 Å². The lowest BCUT2D eigenvalue weighted by atomic mass is 13.9. The molecule has 0 aliphatic carbocycles. The zero-order valence-electron chi connectivity index (χ0n) is 2.79. The summed E-state index contributed by atoms with van der Waals surface area (Å²) >= 11 is 0. The van der Waals surface area contributed by atoms with Crippen molar-refractivity contribution < 1.29 is 8.42 Å². The van der Waals surface area contributed by atoms with Crippen molar-refractivity contribution in [3.05, 3.63) is 0 Å². The van der Waals surface area contributed by atoms with Gasteiger partial charge in [0, 0.05) is 0 Å². The van der Waals surface area contributed by atoms with Crippen LogP contribution in [-0.4, -0.2) is 8.42 Å². The smallest absolute Gasteiger partial charge is 0.263 e. The van der Waals surface area contributed by atoms with E-state index in [9.17, 15) is 8.42 Å². The van der Waals surface area contributed by atoms with Crippen molar-refractivity contribution in [2.24, 2.45) is 10.3 Å². The van der Waals surface area contributed by atoms with Crippen LogP contribution in [0.4, 0.5) is 0 Å². The molecule has 4 N–H and O–H groups in total. The van der Waals surface area contributed by atoms with Gasteiger partial charge in [-0.2, -0.15) is 8.42 Å². The summed E-state index contributed by atoms with van der Waals surface area (Å²) in [5.41, 5.74) is 0. The van der Waals surface area contributed by atoms with E-state index in [-0.39, 0.29) is 11.0 Å². The normalized spacial score (nSPS) is 11.7. The Morgan fingerprint density at radius 1 is 1.50 bits per heavy atom. The fourth-order valence-electron chi connectivity index (χ4n) is 0. The number of nitrogens with two attached hydrogens (primary N) is 2. The maximum Gasteiger partial charge on any atom is 0.276 e. The highest BCUT2D eigenvalue weighted by Crippen LogP contribution is 1.90. The molecule has 0 aromatic heterocycles. The van der Waals surface area contributed by atoms with E-state index in [1.54, 1.807) is 0 Å². The van der Waals surface area contributed by atoms with E-state index in [1.165, 1.54) is 0 Å². The van der Waals surface area contributed by atoms with E-state index < -0.39 is 9.06 Å². The molecule has 0 aliphatic heterocycles. The van der Waals surface area contributed by atoms with Crippen molar-refractivity contribution in [1.82, 2.24) is 0 Å². The van der Waals surface area contributed by atoms with Gasteiger partial charge in [-0.25, -0.2) is 5.14 Å². The van der Waals surface area contributed by atoms with Gasteiger partial charge in [-0.3, -0.25) is 5.14 Å². The first kappa shape index (κ1) is 6.22. The van der Waals surface area contributed by atoms with Crippen LogP contribution in [0.3, 0.4) is 0 Å². The fourth-order valence-corrected chi connectivity index (χ4v) is 0. The van der Waals surface area contributed by atoms with Crippen molar-refractivity contribution in [2.45, 2.75) is 0 Å². The fraction of sp³-hybridized carbons (Fsp3) is 0. The van der Waals surface area contributed by atoms with Crippen LogP contribution in [0.15, 0.2) is 0 Å². The lowest BCUT2D eigenvalue weighted by molar-refractivity contribution is 0.612. The summed E-state index contributed by atoms with van der Waals surface area (Å²) in [6.07, 6.45) is 0. The van der Waals surface area contributed by atoms with Gasteiger partial charge in [-0.15, -0.1) is 0 Å². The third kappa shape index (κ3) is 4.22. The maximum atomic E-state index is 9.62. The predicted octanol–water partition coefficient (Wildman–Crippen LogP) is -1.20. The Bertz CT molecular complexity index is 112. The average Bonchev–Trinajstić information content (AvgIpc) is 1.35. The molecule has 0 aliphatic rings. The van der Waals surface area contributed by atoms with E-state index >= 15 is 0 Å². The molecule has 6 heavy (non-hydrogen) atoms. The van der Waals surface area contributed by atoms with Crippen LogP contribution < -0.4 is 10.3 Å². The summed E-state index contributed by atoms with van der Waals surface area (Å²) in [6.45, 7) is 0. The molecule has 0 aromatic carbocycles. The molecule has 38 valence electrons. The van der Waals surface area contributed by atoms with Gasteiger partial charge >= 0.3 is 0 Å². The van der Waals surface area contributed by atoms with E-state index in [0.717, 1.165) is 0 Å². The molecule has 0 unspecified atom stereocenters. The summed E-state index contributed by atoms with van der Waals surface area (Å²) in [5.74, 6) is 0. The van der Waals surface area contributed by atoms with Crippen molar-refractivity contribution >= 4 is 20.0 Å². The van der Waals surface area contributed by atoms with Crippen molar-refractivity contribution in [1.29, 1.82) is 0 Å². The van der Waals surface area contributed by atoms with E-state index in [0.29, 0.717) is 0 Å². The second-order valence-electron chi connectivity index (χ2n) is 0.589. The minimum absolute atomic E-state index is 0.132. The molecule has 0 radical (unpaired) electrons. The Balaban J connectivity index is 3.85. The van der Waals surface area contributed by atoms with Gasteiger partial charge in [-0.05, 0) is 0 Å². The van der Waals surface area contributed by atoms with Crippen LogP contribution in [0.5, 0.6) is 0 Å². The van der Waals surface area contributed by atoms with Gasteiger partial charge < -0.3 is 0 Å². The highest BCUT2D eigenvalue weighted by molar-refractivity contribution is 8.70. The van der Waals surface area contributed by atoms with Gasteiger partial charge in [-0.1, -0.05) is 0 Å². The van der Waals surface area contributed by atoms with Gasteiger partial charge in [0.25, 0.3) is 9.06 Å². The summed E-state index contributed by atoms with van der Waals surface area (Å²) < 4.78 is 19.2. The van der Waals surface area contributed by atoms with Crippen molar-refractivity contribution in [3.8, 4) is 0 Å². The summed E-state index contributed by atoms with van der Waals surface area (Å²) in [7, 11) is -3.34. The Kier molecular flexibility index (Phi) is 1.85. The molecular formula is H4N2O2S2. The molecule has 0 fully saturated rings. The number of hydrogen-bond acceptors (Lipinski definition) is 4. The quantitative estimate of drug-likeness (QED) is 0.343. The van der Waals surface area contributed by atoms with Crippen molar-refractivity contribution in [2.75, 3.05) is 0 Å². The second kappa shape index (κ2) is 1.78. The zero-order valence-corrected chi connectivity index (χ0v) is 4.42. The highest BCUT2D eigenvalue weighted by atomic mass is 33.1. The third-order valence-corrected chi connectivity index (χ3v) is 1.21. The third-order valence-electron chi connectivity index (χ3n) is 0.134. The molecule has 0 heterocycles. The summed E-state index contributed by atoms with van der Waals surface area (Å²) in [4.78, 5) is 0. The molecule has 0 saturated heterocycles. The summed E-state index contributed by atoms with van der Waals surface area (Å²) in [5, 5.41) is 8.85. The van der Waals surface area contributed by atoms with Gasteiger partial charge in [0.05, 0.1) is 11.0 Å². The molecule has 0 aromatic rings. The Morgan fingerprint density at radius 3 is 1.67 bits per heavy atom. The van der Waals surface area contributed by atoms with Gasteiger partial charge in [0.15, 0.2) is 0 Å². The van der Waals surface area contributed by atoms with Crippen LogP contribution >= 0.6 is 11.0 Å². The SMILES string of the molecule is NSS(N)(=O)=O. The Labute approximate surface area is 39.5 Å². The van der Waals surface area contributed by atoms with Crippen LogP contribution in [0.25, 0.3) is 0 Å². The minimum Gasteiger partial charge on any atom is -0.263 e. The topological polar surface area (TPSA) is 86.2 Å². The largest absolute Gasteiger partial charge is 0.276 e. The standard InChI is InChI=1S/H4N2O2S2/c1-5-6(2,3)4/h1H2,(H2,2,3,4). The van der Waals surface area contributed by atoms with Crippen LogP contribution in [-0.2, 0) is 9.06 Å². The molecule has 0 rings (SSSR count). The first-order valence-corrected chi connectivity index (χ1v) is 3.91. The number of hydrogen-bond donors (Lipinski definition) is 2.